The van der Waals surface area contributed by atoms with Crippen LogP contribution in [0.3, 0.4) is 0 Å². The Kier molecular flexibility index (Phi) is 4.86. The summed E-state index contributed by atoms with van der Waals surface area (Å²) in [6.07, 6.45) is 5.74. The number of hydrogen-bond acceptors (Lipinski definition) is 2. The van der Waals surface area contributed by atoms with Gasteiger partial charge >= 0.3 is 6.03 Å². The first-order valence-corrected chi connectivity index (χ1v) is 9.33. The van der Waals surface area contributed by atoms with Crippen molar-refractivity contribution in [3.8, 4) is 0 Å². The van der Waals surface area contributed by atoms with E-state index < -0.39 is 0 Å². The molecule has 5 heteroatoms. The van der Waals surface area contributed by atoms with Crippen LogP contribution in [0.2, 0.25) is 0 Å². The monoisotopic (exact) mass is 348 g/mol. The van der Waals surface area contributed by atoms with Crippen molar-refractivity contribution in [2.24, 2.45) is 0 Å². The molecule has 2 aromatic heterocycles. The van der Waals surface area contributed by atoms with Crippen LogP contribution in [-0.4, -0.2) is 34.0 Å². The van der Waals surface area contributed by atoms with Crippen molar-refractivity contribution < 1.29 is 4.79 Å². The molecule has 26 heavy (non-hydrogen) atoms. The first-order valence-electron chi connectivity index (χ1n) is 9.33. The standard InChI is InChI=1S/C21H24N4O/c26-21(23-13-11-17-8-3-5-12-22-17)25-14-6-4-10-20(25)19-15-16-7-1-2-9-18(16)24-19/h1-3,5,7-9,12,15,20,24H,4,6,10-11,13-14H2,(H,23,26)/t20-/m1/s1. The number of urea groups is 1. The minimum Gasteiger partial charge on any atom is -0.357 e. The van der Waals surface area contributed by atoms with Gasteiger partial charge in [-0.3, -0.25) is 4.98 Å². The zero-order valence-electron chi connectivity index (χ0n) is 14.8. The molecular weight excluding hydrogens is 324 g/mol. The predicted molar refractivity (Wildman–Crippen MR) is 103 cm³/mol. The lowest BCUT2D eigenvalue weighted by Crippen LogP contribution is -2.45. The normalized spacial score (nSPS) is 17.4. The maximum atomic E-state index is 12.8. The first-order chi connectivity index (χ1) is 12.8. The minimum atomic E-state index is 0.0179. The van der Waals surface area contributed by atoms with Gasteiger partial charge in [-0.15, -0.1) is 0 Å². The quantitative estimate of drug-likeness (QED) is 0.747. The summed E-state index contributed by atoms with van der Waals surface area (Å²) in [5.74, 6) is 0. The lowest BCUT2D eigenvalue weighted by Gasteiger charge is -2.35. The molecule has 4 rings (SSSR count). The number of aromatic nitrogens is 2. The lowest BCUT2D eigenvalue weighted by molar-refractivity contribution is 0.150. The second-order valence-corrected chi connectivity index (χ2v) is 6.82. The third-order valence-electron chi connectivity index (χ3n) is 5.06. The Morgan fingerprint density at radius 2 is 2.08 bits per heavy atom. The smallest absolute Gasteiger partial charge is 0.317 e. The van der Waals surface area contributed by atoms with Crippen LogP contribution in [0.5, 0.6) is 0 Å². The Morgan fingerprint density at radius 1 is 1.19 bits per heavy atom. The van der Waals surface area contributed by atoms with Gasteiger partial charge in [-0.2, -0.15) is 0 Å². The van der Waals surface area contributed by atoms with Gasteiger partial charge < -0.3 is 15.2 Å². The summed E-state index contributed by atoms with van der Waals surface area (Å²) in [4.78, 5) is 22.6. The highest BCUT2D eigenvalue weighted by Gasteiger charge is 2.28. The number of para-hydroxylation sites is 1. The summed E-state index contributed by atoms with van der Waals surface area (Å²) in [6, 6.07) is 16.4. The Hall–Kier alpha value is -2.82. The summed E-state index contributed by atoms with van der Waals surface area (Å²) in [5.41, 5.74) is 3.26. The lowest BCUT2D eigenvalue weighted by atomic mass is 9.99. The van der Waals surface area contributed by atoms with E-state index in [0.29, 0.717) is 6.54 Å². The molecule has 0 spiro atoms. The molecule has 0 bridgehead atoms. The Bertz CT molecular complexity index is 841. The van der Waals surface area contributed by atoms with Crippen molar-refractivity contribution in [3.05, 3.63) is 66.1 Å². The van der Waals surface area contributed by atoms with E-state index in [-0.39, 0.29) is 12.1 Å². The summed E-state index contributed by atoms with van der Waals surface area (Å²) in [5, 5.41) is 4.27. The molecule has 1 aromatic carbocycles. The highest BCUT2D eigenvalue weighted by Crippen LogP contribution is 2.32. The zero-order valence-corrected chi connectivity index (χ0v) is 14.8. The van der Waals surface area contributed by atoms with Gasteiger partial charge in [0, 0.05) is 42.6 Å². The van der Waals surface area contributed by atoms with Crippen molar-refractivity contribution >= 4 is 16.9 Å². The number of carbonyl (C=O) groups is 1. The largest absolute Gasteiger partial charge is 0.357 e. The minimum absolute atomic E-state index is 0.0179. The molecule has 1 aliphatic heterocycles. The Balaban J connectivity index is 1.43. The number of benzene rings is 1. The maximum Gasteiger partial charge on any atom is 0.317 e. The number of carbonyl (C=O) groups excluding carboxylic acids is 1. The predicted octanol–water partition coefficient (Wildman–Crippen LogP) is 4.04. The third kappa shape index (κ3) is 3.57. The van der Waals surface area contributed by atoms with Gasteiger partial charge in [-0.1, -0.05) is 24.3 Å². The molecule has 0 unspecified atom stereocenters. The SMILES string of the molecule is O=C(NCCc1ccccn1)N1CCCC[C@@H]1c1cc2ccccc2[nH]1. The van der Waals surface area contributed by atoms with E-state index in [4.69, 9.17) is 0 Å². The number of H-pyrrole nitrogens is 1. The van der Waals surface area contributed by atoms with E-state index in [0.717, 1.165) is 49.1 Å². The average molecular weight is 348 g/mol. The van der Waals surface area contributed by atoms with Crippen molar-refractivity contribution in [3.63, 3.8) is 0 Å². The Labute approximate surface area is 153 Å². The molecule has 2 amide bonds. The molecule has 134 valence electrons. The number of piperidine rings is 1. The van der Waals surface area contributed by atoms with Crippen LogP contribution < -0.4 is 5.32 Å². The summed E-state index contributed by atoms with van der Waals surface area (Å²) in [7, 11) is 0. The van der Waals surface area contributed by atoms with Crippen LogP contribution in [0.1, 0.15) is 36.7 Å². The molecule has 1 aliphatic rings. The number of hydrogen-bond donors (Lipinski definition) is 2. The average Bonchev–Trinajstić information content (AvgIpc) is 3.13. The molecule has 3 heterocycles. The molecule has 0 aliphatic carbocycles. The topological polar surface area (TPSA) is 61.0 Å². The van der Waals surface area contributed by atoms with E-state index in [2.05, 4.69) is 33.5 Å². The third-order valence-corrected chi connectivity index (χ3v) is 5.06. The van der Waals surface area contributed by atoms with E-state index >= 15 is 0 Å². The van der Waals surface area contributed by atoms with Crippen LogP contribution in [0, 0.1) is 0 Å². The molecule has 1 atom stereocenters. The fraction of sp³-hybridized carbons (Fsp3) is 0.333. The van der Waals surface area contributed by atoms with E-state index in [1.54, 1.807) is 6.20 Å². The van der Waals surface area contributed by atoms with Crippen LogP contribution in [0.25, 0.3) is 10.9 Å². The highest BCUT2D eigenvalue weighted by molar-refractivity contribution is 5.81. The number of nitrogens with zero attached hydrogens (tertiary/aromatic N) is 2. The van der Waals surface area contributed by atoms with Gasteiger partial charge in [-0.05, 0) is 48.9 Å². The van der Waals surface area contributed by atoms with Gasteiger partial charge in [-0.25, -0.2) is 4.79 Å². The van der Waals surface area contributed by atoms with Crippen molar-refractivity contribution in [1.29, 1.82) is 0 Å². The molecule has 3 aromatic rings. The second kappa shape index (κ2) is 7.60. The van der Waals surface area contributed by atoms with E-state index in [1.807, 2.05) is 35.2 Å². The number of fused-ring (bicyclic) bond motifs is 1. The van der Waals surface area contributed by atoms with E-state index in [9.17, 15) is 4.79 Å². The number of aromatic amines is 1. The van der Waals surface area contributed by atoms with Crippen molar-refractivity contribution in [2.45, 2.75) is 31.7 Å². The van der Waals surface area contributed by atoms with Crippen molar-refractivity contribution in [1.82, 2.24) is 20.2 Å². The van der Waals surface area contributed by atoms with Crippen LogP contribution in [-0.2, 0) is 6.42 Å². The second-order valence-electron chi connectivity index (χ2n) is 6.82. The highest BCUT2D eigenvalue weighted by atomic mass is 16.2. The van der Waals surface area contributed by atoms with Gasteiger partial charge in [0.05, 0.1) is 6.04 Å². The van der Waals surface area contributed by atoms with Gasteiger partial charge in [0.15, 0.2) is 0 Å². The molecule has 0 saturated carbocycles. The molecule has 5 nitrogen and oxygen atoms in total. The number of nitrogens with one attached hydrogen (secondary N) is 2. The molecular formula is C21H24N4O. The van der Waals surface area contributed by atoms with E-state index in [1.165, 1.54) is 5.39 Å². The number of pyridine rings is 1. The molecule has 1 saturated heterocycles. The first kappa shape index (κ1) is 16.6. The van der Waals surface area contributed by atoms with Gasteiger partial charge in [0.25, 0.3) is 0 Å². The van der Waals surface area contributed by atoms with Crippen molar-refractivity contribution in [2.75, 3.05) is 13.1 Å². The number of likely N-dealkylation sites (tertiary alicyclic amines) is 1. The van der Waals surface area contributed by atoms with Gasteiger partial charge in [0.2, 0.25) is 0 Å². The summed E-state index contributed by atoms with van der Waals surface area (Å²) >= 11 is 0. The fourth-order valence-electron chi connectivity index (χ4n) is 3.72. The van der Waals surface area contributed by atoms with Crippen LogP contribution in [0.15, 0.2) is 54.7 Å². The number of amides is 2. The zero-order chi connectivity index (χ0) is 17.8. The number of rotatable bonds is 4. The maximum absolute atomic E-state index is 12.8. The van der Waals surface area contributed by atoms with Gasteiger partial charge in [0.1, 0.15) is 0 Å². The van der Waals surface area contributed by atoms with Crippen LogP contribution >= 0.6 is 0 Å². The van der Waals surface area contributed by atoms with Crippen LogP contribution in [0.4, 0.5) is 4.79 Å². The molecule has 2 N–H and O–H groups in total. The Morgan fingerprint density at radius 3 is 2.92 bits per heavy atom. The summed E-state index contributed by atoms with van der Waals surface area (Å²) < 4.78 is 0. The summed E-state index contributed by atoms with van der Waals surface area (Å²) in [6.45, 7) is 1.40. The molecule has 0 radical (unpaired) electrons. The molecule has 1 fully saturated rings. The fourth-order valence-corrected chi connectivity index (χ4v) is 3.72.